The van der Waals surface area contributed by atoms with Crippen molar-refractivity contribution in [1.82, 2.24) is 0 Å². The van der Waals surface area contributed by atoms with Crippen LogP contribution in [-0.4, -0.2) is 37.2 Å². The quantitative estimate of drug-likeness (QED) is 0.0261. The third-order valence-electron chi connectivity index (χ3n) is 14.7. The van der Waals surface area contributed by atoms with Gasteiger partial charge in [-0.1, -0.05) is 315 Å². The van der Waals surface area contributed by atoms with Crippen LogP contribution in [0, 0.1) is 0 Å². The molecule has 0 spiro atoms. The van der Waals surface area contributed by atoms with Crippen molar-refractivity contribution in [2.45, 2.75) is 367 Å². The molecule has 0 aromatic carbocycles. The van der Waals surface area contributed by atoms with Gasteiger partial charge in [-0.05, 0) is 51.4 Å². The molecule has 0 rings (SSSR count). The molecule has 0 aliphatic rings. The third-order valence-corrected chi connectivity index (χ3v) is 14.7. The second-order valence-corrected chi connectivity index (χ2v) is 22.0. The van der Waals surface area contributed by atoms with Gasteiger partial charge in [0.1, 0.15) is 13.2 Å². The maximum atomic E-state index is 12.9. The van der Waals surface area contributed by atoms with E-state index < -0.39 is 6.10 Å². The Balaban J connectivity index is 4.31. The largest absolute Gasteiger partial charge is 0.462 e. The Kier molecular flexibility index (Phi) is 59.6. The van der Waals surface area contributed by atoms with E-state index in [1.165, 1.54) is 244 Å². The molecule has 0 saturated heterocycles. The smallest absolute Gasteiger partial charge is 0.306 e. The molecular weight excluding hydrogens is 889 g/mol. The van der Waals surface area contributed by atoms with Crippen LogP contribution in [0.3, 0.4) is 0 Å². The number of allylic oxidation sites excluding steroid dienone is 4. The van der Waals surface area contributed by atoms with Crippen molar-refractivity contribution in [3.8, 4) is 0 Å². The highest BCUT2D eigenvalue weighted by Crippen LogP contribution is 2.18. The topological polar surface area (TPSA) is 78.9 Å². The van der Waals surface area contributed by atoms with Crippen molar-refractivity contribution < 1.29 is 28.6 Å². The van der Waals surface area contributed by atoms with Gasteiger partial charge in [-0.15, -0.1) is 0 Å². The third kappa shape index (κ3) is 58.8. The second-order valence-electron chi connectivity index (χ2n) is 22.0. The minimum absolute atomic E-state index is 0.0695. The molecular formula is C66H124O6. The molecule has 1 atom stereocenters. The fourth-order valence-corrected chi connectivity index (χ4v) is 9.83. The molecule has 0 aliphatic carbocycles. The van der Waals surface area contributed by atoms with Crippen LogP contribution in [0.5, 0.6) is 0 Å². The van der Waals surface area contributed by atoms with Gasteiger partial charge in [0.25, 0.3) is 0 Å². The summed E-state index contributed by atoms with van der Waals surface area (Å²) >= 11 is 0. The predicted molar refractivity (Wildman–Crippen MR) is 312 cm³/mol. The molecule has 0 aromatic heterocycles. The Bertz CT molecular complexity index is 1160. The highest BCUT2D eigenvalue weighted by Gasteiger charge is 2.19. The zero-order valence-electron chi connectivity index (χ0n) is 48.7. The Morgan fingerprint density at radius 1 is 0.278 bits per heavy atom. The number of rotatable bonds is 60. The zero-order valence-corrected chi connectivity index (χ0v) is 48.7. The van der Waals surface area contributed by atoms with Crippen molar-refractivity contribution in [1.29, 1.82) is 0 Å². The number of esters is 3. The lowest BCUT2D eigenvalue weighted by Crippen LogP contribution is -2.30. The van der Waals surface area contributed by atoms with Crippen molar-refractivity contribution in [3.05, 3.63) is 24.3 Å². The second kappa shape index (κ2) is 61.4. The summed E-state index contributed by atoms with van der Waals surface area (Å²) in [6, 6.07) is 0. The Morgan fingerprint density at radius 2 is 0.500 bits per heavy atom. The van der Waals surface area contributed by atoms with Crippen LogP contribution in [0.4, 0.5) is 0 Å². The molecule has 0 fully saturated rings. The SMILES string of the molecule is CCCCCC/C=C\C/C=C\CCCCCCCC(=O)OCC(COC(=O)CCCCCCCCCCCCCCCCCCCCCC)OC(=O)CCCCCCCCCCCCCCCCCCCC. The fourth-order valence-electron chi connectivity index (χ4n) is 9.83. The van der Waals surface area contributed by atoms with Gasteiger partial charge in [-0.2, -0.15) is 0 Å². The van der Waals surface area contributed by atoms with E-state index in [0.29, 0.717) is 19.3 Å². The normalized spacial score (nSPS) is 12.1. The van der Waals surface area contributed by atoms with E-state index >= 15 is 0 Å². The Labute approximate surface area is 449 Å². The van der Waals surface area contributed by atoms with E-state index in [1.807, 2.05) is 0 Å². The van der Waals surface area contributed by atoms with Crippen LogP contribution in [0.15, 0.2) is 24.3 Å². The standard InChI is InChI=1S/C66H124O6/c1-4-7-10-13-16-19-22-25-28-31-33-34-36-38-41-44-47-50-53-56-59-65(68)71-62-63(61-70-64(67)58-55-52-49-46-43-40-37-30-27-24-21-18-15-12-9-6-3)72-66(69)60-57-54-51-48-45-42-39-35-32-29-26-23-20-17-14-11-8-5-2/h21,24,30,37,63H,4-20,22-23,25-29,31-36,38-62H2,1-3H3/b24-21-,37-30-. The van der Waals surface area contributed by atoms with Crippen LogP contribution in [0.2, 0.25) is 0 Å². The lowest BCUT2D eigenvalue weighted by Gasteiger charge is -2.18. The first-order valence-electron chi connectivity index (χ1n) is 32.3. The van der Waals surface area contributed by atoms with E-state index in [2.05, 4.69) is 45.1 Å². The van der Waals surface area contributed by atoms with E-state index in [4.69, 9.17) is 14.2 Å². The van der Waals surface area contributed by atoms with Crippen LogP contribution < -0.4 is 0 Å². The average molecular weight is 1010 g/mol. The summed E-state index contributed by atoms with van der Waals surface area (Å²) in [5.74, 6) is -0.855. The molecule has 0 aliphatic heterocycles. The van der Waals surface area contributed by atoms with Gasteiger partial charge in [0, 0.05) is 19.3 Å². The molecule has 424 valence electrons. The van der Waals surface area contributed by atoms with Crippen molar-refractivity contribution in [2.24, 2.45) is 0 Å². The fraction of sp³-hybridized carbons (Fsp3) is 0.894. The number of unbranched alkanes of at least 4 members (excludes halogenated alkanes) is 45. The van der Waals surface area contributed by atoms with Crippen molar-refractivity contribution in [2.75, 3.05) is 13.2 Å². The lowest BCUT2D eigenvalue weighted by atomic mass is 10.0. The number of hydrogen-bond acceptors (Lipinski definition) is 6. The highest BCUT2D eigenvalue weighted by molar-refractivity contribution is 5.71. The summed E-state index contributed by atoms with van der Waals surface area (Å²) in [5, 5.41) is 0. The molecule has 6 heteroatoms. The van der Waals surface area contributed by atoms with Gasteiger partial charge in [0.05, 0.1) is 0 Å². The predicted octanol–water partition coefficient (Wildman–Crippen LogP) is 21.8. The molecule has 0 bridgehead atoms. The first-order valence-corrected chi connectivity index (χ1v) is 32.3. The van der Waals surface area contributed by atoms with Crippen molar-refractivity contribution in [3.63, 3.8) is 0 Å². The summed E-state index contributed by atoms with van der Waals surface area (Å²) in [6.07, 6.45) is 73.2. The van der Waals surface area contributed by atoms with Gasteiger partial charge in [0.2, 0.25) is 0 Å². The van der Waals surface area contributed by atoms with Crippen LogP contribution in [-0.2, 0) is 28.6 Å². The summed E-state index contributed by atoms with van der Waals surface area (Å²) in [4.78, 5) is 38.3. The zero-order chi connectivity index (χ0) is 52.2. The number of hydrogen-bond donors (Lipinski definition) is 0. The lowest BCUT2D eigenvalue weighted by molar-refractivity contribution is -0.167. The molecule has 0 saturated carbocycles. The van der Waals surface area contributed by atoms with Gasteiger partial charge in [0.15, 0.2) is 6.10 Å². The monoisotopic (exact) mass is 1010 g/mol. The van der Waals surface area contributed by atoms with Gasteiger partial charge >= 0.3 is 17.9 Å². The summed E-state index contributed by atoms with van der Waals surface area (Å²) < 4.78 is 16.9. The molecule has 6 nitrogen and oxygen atoms in total. The van der Waals surface area contributed by atoms with Gasteiger partial charge in [-0.3, -0.25) is 14.4 Å². The highest BCUT2D eigenvalue weighted by atomic mass is 16.6. The number of ether oxygens (including phenoxy) is 3. The first kappa shape index (κ1) is 69.9. The van der Waals surface area contributed by atoms with Gasteiger partial charge in [-0.25, -0.2) is 0 Å². The Hall–Kier alpha value is -2.11. The van der Waals surface area contributed by atoms with Crippen molar-refractivity contribution >= 4 is 17.9 Å². The number of carbonyl (C=O) groups excluding carboxylic acids is 3. The minimum Gasteiger partial charge on any atom is -0.462 e. The molecule has 72 heavy (non-hydrogen) atoms. The Morgan fingerprint density at radius 3 is 0.778 bits per heavy atom. The van der Waals surface area contributed by atoms with E-state index in [0.717, 1.165) is 77.0 Å². The van der Waals surface area contributed by atoms with Crippen LogP contribution in [0.25, 0.3) is 0 Å². The van der Waals surface area contributed by atoms with E-state index in [1.54, 1.807) is 0 Å². The van der Waals surface area contributed by atoms with E-state index in [9.17, 15) is 14.4 Å². The maximum absolute atomic E-state index is 12.9. The maximum Gasteiger partial charge on any atom is 0.306 e. The molecule has 0 radical (unpaired) electrons. The molecule has 0 aromatic rings. The van der Waals surface area contributed by atoms with Gasteiger partial charge < -0.3 is 14.2 Å². The summed E-state index contributed by atoms with van der Waals surface area (Å²) in [5.41, 5.74) is 0. The number of carbonyl (C=O) groups is 3. The average Bonchev–Trinajstić information content (AvgIpc) is 3.38. The van der Waals surface area contributed by atoms with Crippen LogP contribution >= 0.6 is 0 Å². The van der Waals surface area contributed by atoms with Crippen LogP contribution in [0.1, 0.15) is 361 Å². The molecule has 0 N–H and O–H groups in total. The molecule has 0 heterocycles. The summed E-state index contributed by atoms with van der Waals surface area (Å²) in [6.45, 7) is 6.69. The minimum atomic E-state index is -0.773. The van der Waals surface area contributed by atoms with E-state index in [-0.39, 0.29) is 31.1 Å². The molecule has 0 amide bonds. The first-order chi connectivity index (χ1) is 35.5. The molecule has 1 unspecified atom stereocenters. The summed E-state index contributed by atoms with van der Waals surface area (Å²) in [7, 11) is 0.